The standard InChI is InChI=1S/C18H15NO4/c1-11-16(18(21)22)19(2)15-9-8-13(10-14(15)17(11)20)23-12-6-4-3-5-7-12/h3-10H,1-2H3,(H,21,22). The maximum atomic E-state index is 12.5. The van der Waals surface area contributed by atoms with Gasteiger partial charge in [-0.15, -0.1) is 0 Å². The zero-order chi connectivity index (χ0) is 16.6. The molecule has 116 valence electrons. The quantitative estimate of drug-likeness (QED) is 0.805. The number of nitrogens with zero attached hydrogens (tertiary/aromatic N) is 1. The predicted molar refractivity (Wildman–Crippen MR) is 87.4 cm³/mol. The van der Waals surface area contributed by atoms with Gasteiger partial charge in [0.2, 0.25) is 0 Å². The van der Waals surface area contributed by atoms with Crippen LogP contribution in [0.2, 0.25) is 0 Å². The summed E-state index contributed by atoms with van der Waals surface area (Å²) in [6.07, 6.45) is 0. The van der Waals surface area contributed by atoms with E-state index in [0.29, 0.717) is 22.4 Å². The molecule has 5 nitrogen and oxygen atoms in total. The minimum atomic E-state index is -1.12. The number of hydrogen-bond acceptors (Lipinski definition) is 3. The fraction of sp³-hybridized carbons (Fsp3) is 0.111. The van der Waals surface area contributed by atoms with Crippen LogP contribution < -0.4 is 10.2 Å². The number of carboxylic acids is 1. The van der Waals surface area contributed by atoms with Crippen molar-refractivity contribution in [2.24, 2.45) is 7.05 Å². The normalized spacial score (nSPS) is 10.7. The molecule has 0 saturated carbocycles. The van der Waals surface area contributed by atoms with Crippen LogP contribution in [0.4, 0.5) is 0 Å². The van der Waals surface area contributed by atoms with Gasteiger partial charge >= 0.3 is 5.97 Å². The van der Waals surface area contributed by atoms with Gasteiger partial charge in [-0.1, -0.05) is 18.2 Å². The number of aromatic nitrogens is 1. The van der Waals surface area contributed by atoms with E-state index in [2.05, 4.69) is 0 Å². The molecule has 0 saturated heterocycles. The third-order valence-corrected chi connectivity index (χ3v) is 3.79. The van der Waals surface area contributed by atoms with Gasteiger partial charge < -0.3 is 14.4 Å². The zero-order valence-electron chi connectivity index (χ0n) is 12.7. The fourth-order valence-electron chi connectivity index (χ4n) is 2.66. The van der Waals surface area contributed by atoms with Gasteiger partial charge in [0, 0.05) is 18.0 Å². The Labute approximate surface area is 132 Å². The summed E-state index contributed by atoms with van der Waals surface area (Å²) in [4.78, 5) is 23.8. The van der Waals surface area contributed by atoms with Crippen molar-refractivity contribution in [1.29, 1.82) is 0 Å². The number of pyridine rings is 1. The molecule has 23 heavy (non-hydrogen) atoms. The Kier molecular flexibility index (Phi) is 3.62. The highest BCUT2D eigenvalue weighted by Crippen LogP contribution is 2.25. The molecule has 1 N–H and O–H groups in total. The maximum absolute atomic E-state index is 12.5. The molecule has 0 bridgehead atoms. The van der Waals surface area contributed by atoms with E-state index in [-0.39, 0.29) is 16.7 Å². The molecule has 5 heteroatoms. The van der Waals surface area contributed by atoms with Crippen molar-refractivity contribution in [3.05, 3.63) is 70.0 Å². The molecule has 0 amide bonds. The van der Waals surface area contributed by atoms with Crippen molar-refractivity contribution in [3.63, 3.8) is 0 Å². The molecule has 0 aliphatic heterocycles. The number of para-hydroxylation sites is 1. The van der Waals surface area contributed by atoms with Crippen LogP contribution in [0.25, 0.3) is 10.9 Å². The largest absolute Gasteiger partial charge is 0.477 e. The predicted octanol–water partition coefficient (Wildman–Crippen LogP) is 3.34. The Morgan fingerprint density at radius 2 is 1.78 bits per heavy atom. The van der Waals surface area contributed by atoms with Gasteiger partial charge in [-0.3, -0.25) is 4.79 Å². The third kappa shape index (κ3) is 2.57. The van der Waals surface area contributed by atoms with Crippen molar-refractivity contribution in [2.45, 2.75) is 6.92 Å². The summed E-state index contributed by atoms with van der Waals surface area (Å²) in [5.41, 5.74) is 0.469. The van der Waals surface area contributed by atoms with Gasteiger partial charge in [-0.25, -0.2) is 4.79 Å². The van der Waals surface area contributed by atoms with Crippen molar-refractivity contribution in [1.82, 2.24) is 4.57 Å². The molecule has 0 aliphatic carbocycles. The van der Waals surface area contributed by atoms with E-state index in [4.69, 9.17) is 4.74 Å². The lowest BCUT2D eigenvalue weighted by molar-refractivity contribution is 0.0685. The number of ether oxygens (including phenoxy) is 1. The van der Waals surface area contributed by atoms with Gasteiger partial charge in [0.05, 0.1) is 5.52 Å². The summed E-state index contributed by atoms with van der Waals surface area (Å²) in [6.45, 7) is 1.52. The van der Waals surface area contributed by atoms with Crippen LogP contribution in [0.15, 0.2) is 53.3 Å². The first-order valence-electron chi connectivity index (χ1n) is 7.08. The molecule has 1 heterocycles. The highest BCUT2D eigenvalue weighted by Gasteiger charge is 2.17. The Bertz CT molecular complexity index is 958. The Hall–Kier alpha value is -3.08. The number of carbonyl (C=O) groups is 1. The fourth-order valence-corrected chi connectivity index (χ4v) is 2.66. The number of aryl methyl sites for hydroxylation is 1. The van der Waals surface area contributed by atoms with Crippen LogP contribution in [-0.2, 0) is 7.05 Å². The molecule has 3 rings (SSSR count). The van der Waals surface area contributed by atoms with Crippen molar-refractivity contribution >= 4 is 16.9 Å². The van der Waals surface area contributed by atoms with Gasteiger partial charge in [0.1, 0.15) is 17.2 Å². The average Bonchev–Trinajstić information content (AvgIpc) is 2.53. The second-order valence-corrected chi connectivity index (χ2v) is 5.26. The number of rotatable bonds is 3. The molecule has 3 aromatic rings. The zero-order valence-corrected chi connectivity index (χ0v) is 12.7. The number of hydrogen-bond donors (Lipinski definition) is 1. The number of benzene rings is 2. The second kappa shape index (κ2) is 5.61. The molecule has 0 radical (unpaired) electrons. The van der Waals surface area contributed by atoms with Gasteiger partial charge in [-0.2, -0.15) is 0 Å². The lowest BCUT2D eigenvalue weighted by Crippen LogP contribution is -2.20. The minimum absolute atomic E-state index is 0.000715. The van der Waals surface area contributed by atoms with Gasteiger partial charge in [0.15, 0.2) is 5.43 Å². The monoisotopic (exact) mass is 309 g/mol. The SMILES string of the molecule is Cc1c(C(=O)O)n(C)c2ccc(Oc3ccccc3)cc2c1=O. The van der Waals surface area contributed by atoms with Gasteiger partial charge in [0.25, 0.3) is 0 Å². The molecule has 0 aliphatic rings. The molecular weight excluding hydrogens is 294 g/mol. The molecule has 2 aromatic carbocycles. The number of aromatic carboxylic acids is 1. The summed E-state index contributed by atoms with van der Waals surface area (Å²) in [5.74, 6) is 0.0828. The van der Waals surface area contributed by atoms with E-state index < -0.39 is 5.97 Å². The lowest BCUT2D eigenvalue weighted by atomic mass is 10.1. The summed E-state index contributed by atoms with van der Waals surface area (Å²) < 4.78 is 7.25. The van der Waals surface area contributed by atoms with Crippen LogP contribution in [0, 0.1) is 6.92 Å². The van der Waals surface area contributed by atoms with Crippen LogP contribution >= 0.6 is 0 Å². The van der Waals surface area contributed by atoms with Crippen molar-refractivity contribution in [3.8, 4) is 11.5 Å². The van der Waals surface area contributed by atoms with E-state index in [1.54, 1.807) is 25.2 Å². The van der Waals surface area contributed by atoms with E-state index >= 15 is 0 Å². The van der Waals surface area contributed by atoms with Crippen LogP contribution in [0.1, 0.15) is 16.1 Å². The van der Waals surface area contributed by atoms with Crippen LogP contribution in [-0.4, -0.2) is 15.6 Å². The van der Waals surface area contributed by atoms with E-state index in [1.807, 2.05) is 30.3 Å². The molecule has 0 atom stereocenters. The Balaban J connectivity index is 2.18. The second-order valence-electron chi connectivity index (χ2n) is 5.26. The first-order valence-corrected chi connectivity index (χ1v) is 7.08. The van der Waals surface area contributed by atoms with E-state index in [9.17, 15) is 14.7 Å². The van der Waals surface area contributed by atoms with E-state index in [0.717, 1.165) is 0 Å². The average molecular weight is 309 g/mol. The first-order chi connectivity index (χ1) is 11.0. The lowest BCUT2D eigenvalue weighted by Gasteiger charge is -2.13. The van der Waals surface area contributed by atoms with E-state index in [1.165, 1.54) is 11.5 Å². The van der Waals surface area contributed by atoms with Crippen molar-refractivity contribution in [2.75, 3.05) is 0 Å². The summed E-state index contributed by atoms with van der Waals surface area (Å²) in [6, 6.07) is 14.3. The maximum Gasteiger partial charge on any atom is 0.352 e. The summed E-state index contributed by atoms with van der Waals surface area (Å²) in [5, 5.41) is 9.73. The molecule has 0 fully saturated rings. The highest BCUT2D eigenvalue weighted by atomic mass is 16.5. The summed E-state index contributed by atoms with van der Waals surface area (Å²) >= 11 is 0. The molecule has 0 unspecified atom stereocenters. The van der Waals surface area contributed by atoms with Crippen molar-refractivity contribution < 1.29 is 14.6 Å². The molecule has 0 spiro atoms. The topological polar surface area (TPSA) is 68.5 Å². The Morgan fingerprint density at radius 3 is 2.43 bits per heavy atom. The molecule has 1 aromatic heterocycles. The van der Waals surface area contributed by atoms with Gasteiger partial charge in [-0.05, 0) is 37.3 Å². The smallest absolute Gasteiger partial charge is 0.352 e. The third-order valence-electron chi connectivity index (χ3n) is 3.79. The van der Waals surface area contributed by atoms with Crippen LogP contribution in [0.3, 0.4) is 0 Å². The Morgan fingerprint density at radius 1 is 1.09 bits per heavy atom. The molecular formula is C18H15NO4. The number of carboxylic acid groups (broad SMARTS) is 1. The minimum Gasteiger partial charge on any atom is -0.477 e. The highest BCUT2D eigenvalue weighted by molar-refractivity contribution is 5.92. The van der Waals surface area contributed by atoms with Crippen LogP contribution in [0.5, 0.6) is 11.5 Å². The number of fused-ring (bicyclic) bond motifs is 1. The summed E-state index contributed by atoms with van der Waals surface area (Å²) in [7, 11) is 1.63. The first kappa shape index (κ1) is 14.8.